The molecule has 122 valence electrons. The second kappa shape index (κ2) is 6.32. The SMILES string of the molecule is COc1cc(Br)c(O)c(/C=N/n2c(=O)[nH]c3ccccc3c2=O)c1. The number of aromatic amines is 1. The number of phenolic OH excluding ortho intramolecular Hbond substituents is 1. The molecule has 0 atom stereocenters. The van der Waals surface area contributed by atoms with Crippen molar-refractivity contribution in [3.05, 3.63) is 67.3 Å². The maximum atomic E-state index is 12.4. The summed E-state index contributed by atoms with van der Waals surface area (Å²) in [4.78, 5) is 27.0. The largest absolute Gasteiger partial charge is 0.506 e. The summed E-state index contributed by atoms with van der Waals surface area (Å²) in [6.07, 6.45) is 1.22. The Morgan fingerprint density at radius 2 is 2.04 bits per heavy atom. The fourth-order valence-electron chi connectivity index (χ4n) is 2.19. The van der Waals surface area contributed by atoms with Crippen LogP contribution in [0.4, 0.5) is 0 Å². The van der Waals surface area contributed by atoms with E-state index in [1.54, 1.807) is 30.3 Å². The van der Waals surface area contributed by atoms with Gasteiger partial charge in [-0.3, -0.25) is 4.79 Å². The Morgan fingerprint density at radius 1 is 1.29 bits per heavy atom. The molecule has 2 N–H and O–H groups in total. The Labute approximate surface area is 144 Å². The van der Waals surface area contributed by atoms with Crippen LogP contribution in [-0.4, -0.2) is 28.1 Å². The molecule has 0 aliphatic heterocycles. The van der Waals surface area contributed by atoms with E-state index in [1.165, 1.54) is 19.4 Å². The van der Waals surface area contributed by atoms with Gasteiger partial charge in [0, 0.05) is 5.56 Å². The predicted molar refractivity (Wildman–Crippen MR) is 94.2 cm³/mol. The lowest BCUT2D eigenvalue weighted by atomic mass is 10.2. The van der Waals surface area contributed by atoms with Crippen molar-refractivity contribution >= 4 is 33.0 Å². The average Bonchev–Trinajstić information content (AvgIpc) is 2.58. The van der Waals surface area contributed by atoms with Gasteiger partial charge in [0.15, 0.2) is 0 Å². The molecule has 0 unspecified atom stereocenters. The van der Waals surface area contributed by atoms with E-state index in [-0.39, 0.29) is 5.75 Å². The van der Waals surface area contributed by atoms with E-state index in [0.717, 1.165) is 0 Å². The first-order valence-electron chi connectivity index (χ1n) is 6.86. The third kappa shape index (κ3) is 2.83. The molecule has 0 saturated carbocycles. The monoisotopic (exact) mass is 389 g/mol. The van der Waals surface area contributed by atoms with Crippen LogP contribution in [0.2, 0.25) is 0 Å². The number of H-pyrrole nitrogens is 1. The lowest BCUT2D eigenvalue weighted by Gasteiger charge is -2.06. The standard InChI is InChI=1S/C16H12BrN3O4/c1-24-10-6-9(14(21)12(17)7-10)8-18-20-15(22)11-4-2-3-5-13(11)19-16(20)23/h2-8,21H,1H3,(H,19,23)/b18-8+. The number of para-hydroxylation sites is 1. The van der Waals surface area contributed by atoms with Crippen molar-refractivity contribution in [2.45, 2.75) is 0 Å². The lowest BCUT2D eigenvalue weighted by Crippen LogP contribution is -2.32. The number of ether oxygens (including phenoxy) is 1. The maximum absolute atomic E-state index is 12.4. The molecular formula is C16H12BrN3O4. The maximum Gasteiger partial charge on any atom is 0.349 e. The highest BCUT2D eigenvalue weighted by Gasteiger charge is 2.09. The first-order chi connectivity index (χ1) is 11.5. The van der Waals surface area contributed by atoms with Crippen LogP contribution in [0.3, 0.4) is 0 Å². The van der Waals surface area contributed by atoms with Crippen molar-refractivity contribution in [2.75, 3.05) is 7.11 Å². The summed E-state index contributed by atoms with van der Waals surface area (Å²) in [5.41, 5.74) is -0.491. The summed E-state index contributed by atoms with van der Waals surface area (Å²) >= 11 is 3.20. The number of halogens is 1. The molecule has 7 nitrogen and oxygen atoms in total. The lowest BCUT2D eigenvalue weighted by molar-refractivity contribution is 0.411. The average molecular weight is 390 g/mol. The van der Waals surface area contributed by atoms with Gasteiger partial charge in [-0.2, -0.15) is 5.10 Å². The van der Waals surface area contributed by atoms with E-state index in [4.69, 9.17) is 4.74 Å². The highest BCUT2D eigenvalue weighted by Crippen LogP contribution is 2.31. The zero-order valence-corrected chi connectivity index (χ0v) is 14.1. The molecule has 0 fully saturated rings. The molecule has 3 rings (SSSR count). The van der Waals surface area contributed by atoms with Crippen LogP contribution in [-0.2, 0) is 0 Å². The number of nitrogens with zero attached hydrogens (tertiary/aromatic N) is 2. The zero-order chi connectivity index (χ0) is 17.3. The summed E-state index contributed by atoms with van der Waals surface area (Å²) < 4.78 is 6.22. The number of hydrogen-bond donors (Lipinski definition) is 2. The van der Waals surface area contributed by atoms with Gasteiger partial charge in [-0.1, -0.05) is 12.1 Å². The normalized spacial score (nSPS) is 11.2. The summed E-state index contributed by atoms with van der Waals surface area (Å²) in [5, 5.41) is 14.3. The number of phenols is 1. The highest BCUT2D eigenvalue weighted by molar-refractivity contribution is 9.10. The smallest absolute Gasteiger partial charge is 0.349 e. The Morgan fingerprint density at radius 3 is 2.79 bits per heavy atom. The molecular weight excluding hydrogens is 378 g/mol. The van der Waals surface area contributed by atoms with Crippen LogP contribution in [0.5, 0.6) is 11.5 Å². The third-order valence-corrected chi connectivity index (χ3v) is 4.00. The fourth-order valence-corrected chi connectivity index (χ4v) is 2.64. The van der Waals surface area contributed by atoms with Crippen LogP contribution in [0, 0.1) is 0 Å². The van der Waals surface area contributed by atoms with Crippen molar-refractivity contribution in [3.63, 3.8) is 0 Å². The number of hydrogen-bond acceptors (Lipinski definition) is 5. The van der Waals surface area contributed by atoms with Crippen molar-refractivity contribution in [2.24, 2.45) is 5.10 Å². The van der Waals surface area contributed by atoms with Crippen LogP contribution >= 0.6 is 15.9 Å². The number of benzene rings is 2. The van der Waals surface area contributed by atoms with Crippen LogP contribution < -0.4 is 16.0 Å². The Kier molecular flexibility index (Phi) is 4.22. The number of nitrogens with one attached hydrogen (secondary N) is 1. The summed E-state index contributed by atoms with van der Waals surface area (Å²) in [5.74, 6) is 0.408. The molecule has 3 aromatic rings. The summed E-state index contributed by atoms with van der Waals surface area (Å²) in [6.45, 7) is 0. The molecule has 0 aliphatic carbocycles. The molecule has 8 heteroatoms. The zero-order valence-electron chi connectivity index (χ0n) is 12.5. The first-order valence-corrected chi connectivity index (χ1v) is 7.65. The molecule has 1 heterocycles. The van der Waals surface area contributed by atoms with E-state index in [2.05, 4.69) is 26.0 Å². The molecule has 0 radical (unpaired) electrons. The number of rotatable bonds is 3. The summed E-state index contributed by atoms with van der Waals surface area (Å²) in [6, 6.07) is 9.76. The second-order valence-corrected chi connectivity index (χ2v) is 5.74. The molecule has 24 heavy (non-hydrogen) atoms. The third-order valence-electron chi connectivity index (χ3n) is 3.40. The van der Waals surface area contributed by atoms with Crippen molar-refractivity contribution in [1.29, 1.82) is 0 Å². The van der Waals surface area contributed by atoms with E-state index in [1.807, 2.05) is 0 Å². The molecule has 0 spiro atoms. The molecule has 0 aliphatic rings. The minimum atomic E-state index is -0.670. The van der Waals surface area contributed by atoms with E-state index in [9.17, 15) is 14.7 Å². The van der Waals surface area contributed by atoms with Gasteiger partial charge in [-0.25, -0.2) is 4.79 Å². The van der Waals surface area contributed by atoms with Crippen molar-refractivity contribution in [3.8, 4) is 11.5 Å². The van der Waals surface area contributed by atoms with Gasteiger partial charge >= 0.3 is 5.69 Å². The Bertz CT molecular complexity index is 1070. The molecule has 0 amide bonds. The van der Waals surface area contributed by atoms with Gasteiger partial charge in [0.2, 0.25) is 0 Å². The minimum Gasteiger partial charge on any atom is -0.506 e. The van der Waals surface area contributed by atoms with E-state index in [0.29, 0.717) is 31.4 Å². The van der Waals surface area contributed by atoms with Gasteiger partial charge in [-0.05, 0) is 40.2 Å². The van der Waals surface area contributed by atoms with E-state index < -0.39 is 11.2 Å². The number of methoxy groups -OCH3 is 1. The topological polar surface area (TPSA) is 96.7 Å². The van der Waals surface area contributed by atoms with Crippen LogP contribution in [0.1, 0.15) is 5.56 Å². The van der Waals surface area contributed by atoms with Crippen LogP contribution in [0.25, 0.3) is 10.9 Å². The Hall–Kier alpha value is -2.87. The summed E-state index contributed by atoms with van der Waals surface area (Å²) in [7, 11) is 1.48. The minimum absolute atomic E-state index is 0.0789. The molecule has 0 saturated heterocycles. The predicted octanol–water partition coefficient (Wildman–Crippen LogP) is 2.05. The second-order valence-electron chi connectivity index (χ2n) is 4.88. The number of fused-ring (bicyclic) bond motifs is 1. The molecule has 1 aromatic heterocycles. The number of aromatic hydroxyl groups is 1. The quantitative estimate of drug-likeness (QED) is 0.669. The van der Waals surface area contributed by atoms with Gasteiger partial charge in [0.25, 0.3) is 5.56 Å². The van der Waals surface area contributed by atoms with Gasteiger partial charge in [0.1, 0.15) is 11.5 Å². The van der Waals surface area contributed by atoms with E-state index >= 15 is 0 Å². The highest BCUT2D eigenvalue weighted by atomic mass is 79.9. The van der Waals surface area contributed by atoms with Crippen molar-refractivity contribution < 1.29 is 9.84 Å². The van der Waals surface area contributed by atoms with Gasteiger partial charge in [-0.15, -0.1) is 4.68 Å². The fraction of sp³-hybridized carbons (Fsp3) is 0.0625. The first kappa shape index (κ1) is 16.0. The van der Waals surface area contributed by atoms with Crippen LogP contribution in [0.15, 0.2) is 55.6 Å². The van der Waals surface area contributed by atoms with Gasteiger partial charge < -0.3 is 14.8 Å². The van der Waals surface area contributed by atoms with Gasteiger partial charge in [0.05, 0.1) is 28.7 Å². The number of aromatic nitrogens is 2. The Balaban J connectivity index is 2.14. The molecule has 2 aromatic carbocycles. The van der Waals surface area contributed by atoms with Crippen molar-refractivity contribution in [1.82, 2.24) is 9.66 Å². The molecule has 0 bridgehead atoms.